The number of carbonyl (C=O) groups excluding carboxylic acids is 1. The number of hydrogen-bond acceptors (Lipinski definition) is 6. The van der Waals surface area contributed by atoms with Crippen molar-refractivity contribution in [3.63, 3.8) is 0 Å². The van der Waals surface area contributed by atoms with E-state index in [4.69, 9.17) is 9.47 Å². The van der Waals surface area contributed by atoms with Gasteiger partial charge in [0.25, 0.3) is 0 Å². The third-order valence-electron chi connectivity index (χ3n) is 3.33. The van der Waals surface area contributed by atoms with E-state index in [1.165, 1.54) is 17.4 Å². The van der Waals surface area contributed by atoms with Crippen LogP contribution in [-0.4, -0.2) is 18.2 Å². The number of nitrogens with one attached hydrogen (secondary N) is 1. The summed E-state index contributed by atoms with van der Waals surface area (Å²) < 4.78 is 10.7. The summed E-state index contributed by atoms with van der Waals surface area (Å²) in [7, 11) is 0. The van der Waals surface area contributed by atoms with Crippen LogP contribution in [0.5, 0.6) is 0 Å². The molecule has 0 saturated carbocycles. The Balaban J connectivity index is 2.25. The van der Waals surface area contributed by atoms with Crippen LogP contribution in [0.2, 0.25) is 0 Å². The summed E-state index contributed by atoms with van der Waals surface area (Å²) in [6, 6.07) is 2.27. The van der Waals surface area contributed by atoms with E-state index in [9.17, 15) is 10.1 Å². The highest BCUT2D eigenvalue weighted by Crippen LogP contribution is 2.40. The number of rotatable bonds is 4. The van der Waals surface area contributed by atoms with Crippen molar-refractivity contribution in [2.75, 3.05) is 11.9 Å². The fourth-order valence-electron chi connectivity index (χ4n) is 2.34. The van der Waals surface area contributed by atoms with E-state index in [2.05, 4.69) is 11.4 Å². The standard InChI is InChI=1S/C16H20N2O3S/c1-5-20-14(19)6-10(2)18-15-12(8-17)11-7-16(3,4)21-9-13(11)22-15/h6,18H,5,7,9H2,1-4H3/b10-6+. The maximum atomic E-state index is 11.5. The van der Waals surface area contributed by atoms with Crippen LogP contribution in [0, 0.1) is 11.3 Å². The summed E-state index contributed by atoms with van der Waals surface area (Å²) in [5.41, 5.74) is 2.09. The van der Waals surface area contributed by atoms with Gasteiger partial charge in [-0.05, 0) is 33.3 Å². The van der Waals surface area contributed by atoms with E-state index >= 15 is 0 Å². The van der Waals surface area contributed by atoms with Crippen molar-refractivity contribution in [1.29, 1.82) is 5.26 Å². The van der Waals surface area contributed by atoms with Gasteiger partial charge in [-0.2, -0.15) is 5.26 Å². The van der Waals surface area contributed by atoms with Gasteiger partial charge in [-0.1, -0.05) is 0 Å². The minimum absolute atomic E-state index is 0.257. The number of nitriles is 1. The first-order valence-electron chi connectivity index (χ1n) is 7.17. The molecule has 1 aromatic heterocycles. The highest BCUT2D eigenvalue weighted by molar-refractivity contribution is 7.16. The molecule has 5 nitrogen and oxygen atoms in total. The van der Waals surface area contributed by atoms with E-state index in [-0.39, 0.29) is 5.60 Å². The lowest BCUT2D eigenvalue weighted by Crippen LogP contribution is -2.31. The molecule has 0 atom stereocenters. The SMILES string of the molecule is CCOC(=O)/C=C(\C)Nc1sc2c(c1C#N)CC(C)(C)OC2. The Labute approximate surface area is 134 Å². The van der Waals surface area contributed by atoms with Crippen molar-refractivity contribution in [3.05, 3.63) is 27.8 Å². The number of fused-ring (bicyclic) bond motifs is 1. The average molecular weight is 320 g/mol. The van der Waals surface area contributed by atoms with Crippen molar-refractivity contribution in [3.8, 4) is 6.07 Å². The van der Waals surface area contributed by atoms with Crippen LogP contribution in [0.4, 0.5) is 5.00 Å². The van der Waals surface area contributed by atoms with Gasteiger partial charge in [0, 0.05) is 23.1 Å². The van der Waals surface area contributed by atoms with Crippen LogP contribution in [-0.2, 0) is 27.3 Å². The summed E-state index contributed by atoms with van der Waals surface area (Å²) in [5.74, 6) is -0.392. The molecule has 1 aromatic rings. The molecule has 0 radical (unpaired) electrons. The molecule has 2 rings (SSSR count). The molecule has 1 N–H and O–H groups in total. The molecule has 1 aliphatic heterocycles. The Morgan fingerprint density at radius 2 is 2.32 bits per heavy atom. The number of nitrogens with zero attached hydrogens (tertiary/aromatic N) is 1. The summed E-state index contributed by atoms with van der Waals surface area (Å²) in [5, 5.41) is 13.4. The molecule has 0 saturated heterocycles. The monoisotopic (exact) mass is 320 g/mol. The van der Waals surface area contributed by atoms with Crippen molar-refractivity contribution in [2.24, 2.45) is 0 Å². The average Bonchev–Trinajstić information content (AvgIpc) is 2.73. The molecule has 0 unspecified atom stereocenters. The third-order valence-corrected chi connectivity index (χ3v) is 4.45. The van der Waals surface area contributed by atoms with Gasteiger partial charge in [-0.15, -0.1) is 11.3 Å². The lowest BCUT2D eigenvalue weighted by molar-refractivity contribution is -0.137. The number of carbonyl (C=O) groups is 1. The van der Waals surface area contributed by atoms with E-state index in [0.717, 1.165) is 15.4 Å². The topological polar surface area (TPSA) is 71.3 Å². The molecule has 0 bridgehead atoms. The highest BCUT2D eigenvalue weighted by atomic mass is 32.1. The van der Waals surface area contributed by atoms with Gasteiger partial charge in [0.1, 0.15) is 11.1 Å². The molecule has 0 aliphatic carbocycles. The molecule has 6 heteroatoms. The molecular weight excluding hydrogens is 300 g/mol. The third kappa shape index (κ3) is 3.67. The Bertz CT molecular complexity index is 653. The van der Waals surface area contributed by atoms with Gasteiger partial charge in [-0.25, -0.2) is 4.79 Å². The minimum Gasteiger partial charge on any atom is -0.463 e. The number of anilines is 1. The van der Waals surface area contributed by atoms with Gasteiger partial charge < -0.3 is 14.8 Å². The van der Waals surface area contributed by atoms with Crippen LogP contribution in [0.25, 0.3) is 0 Å². The van der Waals surface area contributed by atoms with Gasteiger partial charge in [0.2, 0.25) is 0 Å². The van der Waals surface area contributed by atoms with Crippen LogP contribution in [0.15, 0.2) is 11.8 Å². The molecule has 0 amide bonds. The normalized spacial score (nSPS) is 16.6. The van der Waals surface area contributed by atoms with E-state index in [1.54, 1.807) is 13.8 Å². The van der Waals surface area contributed by atoms with Gasteiger partial charge >= 0.3 is 5.97 Å². The predicted molar refractivity (Wildman–Crippen MR) is 85.6 cm³/mol. The zero-order valence-electron chi connectivity index (χ0n) is 13.3. The number of allylic oxidation sites excluding steroid dienone is 1. The molecule has 22 heavy (non-hydrogen) atoms. The summed E-state index contributed by atoms with van der Waals surface area (Å²) >= 11 is 1.50. The molecule has 0 aromatic carbocycles. The minimum atomic E-state index is -0.392. The van der Waals surface area contributed by atoms with Crippen LogP contribution < -0.4 is 5.32 Å². The highest BCUT2D eigenvalue weighted by Gasteiger charge is 2.31. The maximum absolute atomic E-state index is 11.5. The zero-order valence-corrected chi connectivity index (χ0v) is 14.1. The smallest absolute Gasteiger partial charge is 0.332 e. The largest absolute Gasteiger partial charge is 0.463 e. The predicted octanol–water partition coefficient (Wildman–Crippen LogP) is 3.35. The van der Waals surface area contributed by atoms with Crippen LogP contribution in [0.3, 0.4) is 0 Å². The Hall–Kier alpha value is -1.84. The summed E-state index contributed by atoms with van der Waals surface area (Å²) in [6.45, 7) is 8.44. The Morgan fingerprint density at radius 1 is 1.59 bits per heavy atom. The quantitative estimate of drug-likeness (QED) is 0.680. The van der Waals surface area contributed by atoms with Crippen LogP contribution >= 0.6 is 11.3 Å². The van der Waals surface area contributed by atoms with E-state index < -0.39 is 5.97 Å². The van der Waals surface area contributed by atoms with Gasteiger partial charge in [0.15, 0.2) is 0 Å². The number of esters is 1. The first-order valence-corrected chi connectivity index (χ1v) is 7.98. The second-order valence-corrected chi connectivity index (χ2v) is 6.85. The molecule has 118 valence electrons. The first-order chi connectivity index (χ1) is 10.4. The van der Waals surface area contributed by atoms with Crippen molar-refractivity contribution in [1.82, 2.24) is 0 Å². The van der Waals surface area contributed by atoms with Crippen molar-refractivity contribution < 1.29 is 14.3 Å². The van der Waals surface area contributed by atoms with Crippen molar-refractivity contribution in [2.45, 2.75) is 46.3 Å². The van der Waals surface area contributed by atoms with Crippen LogP contribution in [0.1, 0.15) is 43.7 Å². The molecule has 1 aliphatic rings. The summed E-state index contributed by atoms with van der Waals surface area (Å²) in [4.78, 5) is 12.5. The maximum Gasteiger partial charge on any atom is 0.332 e. The first kappa shape index (κ1) is 16.5. The number of hydrogen-bond donors (Lipinski definition) is 1. The number of thiophene rings is 1. The Kier molecular flexibility index (Phi) is 4.89. The fourth-order valence-corrected chi connectivity index (χ4v) is 3.48. The molecule has 0 spiro atoms. The van der Waals surface area contributed by atoms with E-state index in [0.29, 0.717) is 30.9 Å². The number of ether oxygens (including phenoxy) is 2. The van der Waals surface area contributed by atoms with Gasteiger partial charge in [0.05, 0.1) is 24.4 Å². The van der Waals surface area contributed by atoms with E-state index in [1.807, 2.05) is 13.8 Å². The van der Waals surface area contributed by atoms with Gasteiger partial charge in [-0.3, -0.25) is 0 Å². The van der Waals surface area contributed by atoms with Crippen molar-refractivity contribution >= 4 is 22.3 Å². The second kappa shape index (κ2) is 6.51. The summed E-state index contributed by atoms with van der Waals surface area (Å²) in [6.07, 6.45) is 2.11. The zero-order chi connectivity index (χ0) is 16.3. The lowest BCUT2D eigenvalue weighted by Gasteiger charge is -2.29. The lowest BCUT2D eigenvalue weighted by atomic mass is 9.93. The molecule has 0 fully saturated rings. The fraction of sp³-hybridized carbons (Fsp3) is 0.500. The molecule has 2 heterocycles. The Morgan fingerprint density at radius 3 is 2.95 bits per heavy atom. The second-order valence-electron chi connectivity index (χ2n) is 5.75. The molecular formula is C16H20N2O3S.